The van der Waals surface area contributed by atoms with E-state index < -0.39 is 5.97 Å². The van der Waals surface area contributed by atoms with Crippen LogP contribution < -0.4 is 5.32 Å². The van der Waals surface area contributed by atoms with Gasteiger partial charge in [0.1, 0.15) is 22.6 Å². The van der Waals surface area contributed by atoms with Gasteiger partial charge < -0.3 is 10.1 Å². The summed E-state index contributed by atoms with van der Waals surface area (Å²) in [4.78, 5) is 23.9. The van der Waals surface area contributed by atoms with Crippen molar-refractivity contribution >= 4 is 29.2 Å². The van der Waals surface area contributed by atoms with E-state index in [9.17, 15) is 4.79 Å². The molecule has 0 fully saturated rings. The smallest absolute Gasteiger partial charge is 0.338 e. The van der Waals surface area contributed by atoms with E-state index in [-0.39, 0.29) is 0 Å². The Morgan fingerprint density at radius 1 is 1.35 bits per heavy atom. The summed E-state index contributed by atoms with van der Waals surface area (Å²) < 4.78 is 4.93. The van der Waals surface area contributed by atoms with Gasteiger partial charge in [0.15, 0.2) is 0 Å². The lowest BCUT2D eigenvalue weighted by Gasteiger charge is -2.07. The third-order valence-electron chi connectivity index (χ3n) is 2.33. The van der Waals surface area contributed by atoms with E-state index in [1.807, 2.05) is 0 Å². The van der Waals surface area contributed by atoms with E-state index in [1.54, 1.807) is 32.0 Å². The Labute approximate surface area is 121 Å². The lowest BCUT2D eigenvalue weighted by Crippen LogP contribution is -2.06. The van der Waals surface area contributed by atoms with E-state index >= 15 is 0 Å². The van der Waals surface area contributed by atoms with Crippen molar-refractivity contribution in [2.75, 3.05) is 11.9 Å². The van der Waals surface area contributed by atoms with Gasteiger partial charge in [-0.25, -0.2) is 19.7 Å². The number of carbonyl (C=O) groups is 1. The molecule has 0 unspecified atom stereocenters. The van der Waals surface area contributed by atoms with Gasteiger partial charge in [0, 0.05) is 12.3 Å². The molecule has 1 N–H and O–H groups in total. The summed E-state index contributed by atoms with van der Waals surface area (Å²) >= 11 is 5.85. The number of halogens is 1. The number of rotatable bonds is 4. The molecule has 7 heteroatoms. The Bertz CT molecular complexity index is 613. The van der Waals surface area contributed by atoms with Crippen LogP contribution in [0.3, 0.4) is 0 Å². The number of pyridine rings is 1. The Balaban J connectivity index is 2.21. The maximum Gasteiger partial charge on any atom is 0.338 e. The number of hydrogen-bond acceptors (Lipinski definition) is 6. The lowest BCUT2D eigenvalue weighted by atomic mass is 10.2. The van der Waals surface area contributed by atoms with Crippen LogP contribution >= 0.6 is 11.6 Å². The van der Waals surface area contributed by atoms with E-state index in [4.69, 9.17) is 16.3 Å². The molecular formula is C13H13ClN4O2. The third kappa shape index (κ3) is 3.64. The minimum Gasteiger partial charge on any atom is -0.462 e. The average molecular weight is 293 g/mol. The Hall–Kier alpha value is -2.21. The highest BCUT2D eigenvalue weighted by atomic mass is 35.5. The summed E-state index contributed by atoms with van der Waals surface area (Å²) in [6, 6.07) is 4.75. The van der Waals surface area contributed by atoms with Crippen LogP contribution in [0.5, 0.6) is 0 Å². The molecule has 0 bridgehead atoms. The van der Waals surface area contributed by atoms with Gasteiger partial charge in [-0.05, 0) is 26.0 Å². The molecule has 0 atom stereocenters. The largest absolute Gasteiger partial charge is 0.462 e. The maximum absolute atomic E-state index is 11.6. The predicted molar refractivity (Wildman–Crippen MR) is 75.3 cm³/mol. The summed E-state index contributed by atoms with van der Waals surface area (Å²) in [5, 5.41) is 3.30. The number of carbonyl (C=O) groups excluding carboxylic acids is 1. The number of aromatic nitrogens is 3. The number of nitrogens with zero attached hydrogens (tertiary/aromatic N) is 3. The van der Waals surface area contributed by atoms with Crippen molar-refractivity contribution in [1.82, 2.24) is 15.0 Å². The van der Waals surface area contributed by atoms with Gasteiger partial charge in [0.25, 0.3) is 0 Å². The lowest BCUT2D eigenvalue weighted by molar-refractivity contribution is 0.0526. The Morgan fingerprint density at radius 3 is 2.85 bits per heavy atom. The molecule has 2 aromatic heterocycles. The maximum atomic E-state index is 11.6. The minimum atomic E-state index is -0.394. The van der Waals surface area contributed by atoms with Crippen molar-refractivity contribution in [2.24, 2.45) is 0 Å². The molecule has 0 saturated carbocycles. The van der Waals surface area contributed by atoms with Crippen molar-refractivity contribution in [3.63, 3.8) is 0 Å². The molecule has 0 spiro atoms. The van der Waals surface area contributed by atoms with Crippen LogP contribution in [0.25, 0.3) is 0 Å². The van der Waals surface area contributed by atoms with Gasteiger partial charge in [0.2, 0.25) is 0 Å². The number of ether oxygens (including phenoxy) is 1. The van der Waals surface area contributed by atoms with E-state index in [0.29, 0.717) is 34.8 Å². The van der Waals surface area contributed by atoms with Crippen LogP contribution in [0.15, 0.2) is 24.4 Å². The predicted octanol–water partition coefficient (Wildman–Crippen LogP) is 2.75. The highest BCUT2D eigenvalue weighted by Crippen LogP contribution is 2.17. The molecule has 0 aliphatic heterocycles. The molecule has 20 heavy (non-hydrogen) atoms. The number of anilines is 2. The molecule has 2 rings (SSSR count). The van der Waals surface area contributed by atoms with Crippen molar-refractivity contribution < 1.29 is 9.53 Å². The van der Waals surface area contributed by atoms with Crippen LogP contribution in [0, 0.1) is 6.92 Å². The highest BCUT2D eigenvalue weighted by Gasteiger charge is 2.08. The highest BCUT2D eigenvalue weighted by molar-refractivity contribution is 6.29. The molecule has 0 aliphatic carbocycles. The first-order valence-corrected chi connectivity index (χ1v) is 6.37. The first-order chi connectivity index (χ1) is 9.58. The molecular weight excluding hydrogens is 280 g/mol. The van der Waals surface area contributed by atoms with Gasteiger partial charge in [-0.1, -0.05) is 11.6 Å². The quantitative estimate of drug-likeness (QED) is 0.690. The van der Waals surface area contributed by atoms with Crippen molar-refractivity contribution in [2.45, 2.75) is 13.8 Å². The standard InChI is InChI=1S/C13H13ClN4O2/c1-3-20-13(19)9-4-5-15-11(6-9)18-12-7-10(14)16-8(2)17-12/h4-7H,3H2,1-2H3,(H,15,16,17,18). The molecule has 0 aliphatic rings. The molecule has 2 aromatic rings. The molecule has 6 nitrogen and oxygen atoms in total. The van der Waals surface area contributed by atoms with E-state index in [0.717, 1.165) is 0 Å². The summed E-state index contributed by atoms with van der Waals surface area (Å²) in [6.07, 6.45) is 1.52. The van der Waals surface area contributed by atoms with Crippen LogP contribution in [0.2, 0.25) is 5.15 Å². The zero-order valence-corrected chi connectivity index (χ0v) is 11.8. The topological polar surface area (TPSA) is 77.0 Å². The van der Waals surface area contributed by atoms with Crippen molar-refractivity contribution in [3.05, 3.63) is 40.9 Å². The SMILES string of the molecule is CCOC(=O)c1ccnc(Nc2cc(Cl)nc(C)n2)c1. The Kier molecular flexibility index (Phi) is 4.47. The van der Waals surface area contributed by atoms with Crippen LogP contribution in [-0.4, -0.2) is 27.5 Å². The number of hydrogen-bond donors (Lipinski definition) is 1. The first-order valence-electron chi connectivity index (χ1n) is 6.00. The van der Waals surface area contributed by atoms with Crippen molar-refractivity contribution in [1.29, 1.82) is 0 Å². The summed E-state index contributed by atoms with van der Waals surface area (Å²) in [5.74, 6) is 1.14. The van der Waals surface area contributed by atoms with Gasteiger partial charge >= 0.3 is 5.97 Å². The zero-order valence-electron chi connectivity index (χ0n) is 11.1. The third-order valence-corrected chi connectivity index (χ3v) is 2.53. The van der Waals surface area contributed by atoms with Gasteiger partial charge in [0.05, 0.1) is 12.2 Å². The number of esters is 1. The molecule has 0 amide bonds. The van der Waals surface area contributed by atoms with Gasteiger partial charge in [-0.2, -0.15) is 0 Å². The number of nitrogens with one attached hydrogen (secondary N) is 1. The van der Waals surface area contributed by atoms with Gasteiger partial charge in [-0.15, -0.1) is 0 Å². The zero-order chi connectivity index (χ0) is 14.5. The second-order valence-electron chi connectivity index (χ2n) is 3.90. The monoisotopic (exact) mass is 292 g/mol. The molecule has 2 heterocycles. The van der Waals surface area contributed by atoms with Crippen LogP contribution in [0.1, 0.15) is 23.1 Å². The summed E-state index contributed by atoms with van der Waals surface area (Å²) in [5.41, 5.74) is 0.418. The average Bonchev–Trinajstić information content (AvgIpc) is 2.38. The molecule has 0 radical (unpaired) electrons. The fraction of sp³-hybridized carbons (Fsp3) is 0.231. The normalized spacial score (nSPS) is 10.2. The second-order valence-corrected chi connectivity index (χ2v) is 4.29. The van der Waals surface area contributed by atoms with Gasteiger partial charge in [-0.3, -0.25) is 0 Å². The molecule has 0 saturated heterocycles. The fourth-order valence-electron chi connectivity index (χ4n) is 1.57. The van der Waals surface area contributed by atoms with Crippen LogP contribution in [0.4, 0.5) is 11.6 Å². The van der Waals surface area contributed by atoms with Crippen LogP contribution in [-0.2, 0) is 4.74 Å². The summed E-state index contributed by atoms with van der Waals surface area (Å²) in [6.45, 7) is 3.81. The van der Waals surface area contributed by atoms with E-state index in [1.165, 1.54) is 6.20 Å². The first kappa shape index (κ1) is 14.2. The number of aryl methyl sites for hydroxylation is 1. The minimum absolute atomic E-state index is 0.324. The molecule has 104 valence electrons. The second kappa shape index (κ2) is 6.29. The van der Waals surface area contributed by atoms with Crippen molar-refractivity contribution in [3.8, 4) is 0 Å². The Morgan fingerprint density at radius 2 is 2.15 bits per heavy atom. The molecule has 0 aromatic carbocycles. The summed E-state index contributed by atoms with van der Waals surface area (Å²) in [7, 11) is 0. The van der Waals surface area contributed by atoms with E-state index in [2.05, 4.69) is 20.3 Å². The fourth-order valence-corrected chi connectivity index (χ4v) is 1.79.